The molecular weight excluding hydrogens is 324 g/mol. The lowest BCUT2D eigenvalue weighted by molar-refractivity contribution is -0.123. The smallest absolute Gasteiger partial charge is 0.255 e. The van der Waals surface area contributed by atoms with Gasteiger partial charge in [0.15, 0.2) is 0 Å². The van der Waals surface area contributed by atoms with E-state index in [-0.39, 0.29) is 5.91 Å². The van der Waals surface area contributed by atoms with Crippen LogP contribution in [-0.2, 0) is 4.79 Å². The Hall–Kier alpha value is -2.33. The van der Waals surface area contributed by atoms with Crippen molar-refractivity contribution in [2.24, 2.45) is 5.73 Å². The van der Waals surface area contributed by atoms with Crippen LogP contribution in [-0.4, -0.2) is 29.3 Å². The second kappa shape index (κ2) is 7.05. The summed E-state index contributed by atoms with van der Waals surface area (Å²) in [6, 6.07) is 14.2. The highest BCUT2D eigenvalue weighted by Crippen LogP contribution is 2.28. The van der Waals surface area contributed by atoms with Crippen LogP contribution in [0.1, 0.15) is 29.6 Å². The van der Waals surface area contributed by atoms with E-state index in [1.807, 2.05) is 36.4 Å². The van der Waals surface area contributed by atoms with E-state index in [0.29, 0.717) is 23.6 Å². The Balaban J connectivity index is 2.00. The van der Waals surface area contributed by atoms with E-state index >= 15 is 0 Å². The van der Waals surface area contributed by atoms with Crippen molar-refractivity contribution in [2.45, 2.75) is 25.3 Å². The fourth-order valence-corrected chi connectivity index (χ4v) is 3.39. The van der Waals surface area contributed by atoms with Crippen LogP contribution in [0.5, 0.6) is 0 Å². The van der Waals surface area contributed by atoms with Crippen LogP contribution in [0.25, 0.3) is 11.1 Å². The Kier molecular flexibility index (Phi) is 4.86. The second-order valence-electron chi connectivity index (χ2n) is 5.97. The SMILES string of the molecule is NC(=O)[C@H]1CCCCN1C(=O)c1ccccc1-c1cccc(Cl)c1. The number of carbonyl (C=O) groups excluding carboxylic acids is 2. The summed E-state index contributed by atoms with van der Waals surface area (Å²) in [5.74, 6) is -0.600. The molecule has 1 atom stereocenters. The normalized spacial score (nSPS) is 17.5. The summed E-state index contributed by atoms with van der Waals surface area (Å²) in [4.78, 5) is 26.4. The number of carbonyl (C=O) groups is 2. The van der Waals surface area contributed by atoms with E-state index in [0.717, 1.165) is 24.0 Å². The Morgan fingerprint density at radius 1 is 1.08 bits per heavy atom. The minimum absolute atomic E-state index is 0.158. The quantitative estimate of drug-likeness (QED) is 0.928. The Bertz CT molecular complexity index is 775. The molecule has 124 valence electrons. The van der Waals surface area contributed by atoms with Crippen LogP contribution in [0.4, 0.5) is 0 Å². The molecule has 2 N–H and O–H groups in total. The molecule has 0 spiro atoms. The molecule has 2 aromatic carbocycles. The average molecular weight is 343 g/mol. The maximum Gasteiger partial charge on any atom is 0.255 e. The molecule has 5 heteroatoms. The van der Waals surface area contributed by atoms with Crippen LogP contribution in [0, 0.1) is 0 Å². The first kappa shape index (κ1) is 16.5. The summed E-state index contributed by atoms with van der Waals surface area (Å²) >= 11 is 6.08. The zero-order valence-corrected chi connectivity index (χ0v) is 14.0. The van der Waals surface area contributed by atoms with Crippen molar-refractivity contribution >= 4 is 23.4 Å². The molecule has 1 aliphatic rings. The molecule has 4 nitrogen and oxygen atoms in total. The summed E-state index contributed by atoms with van der Waals surface area (Å²) in [7, 11) is 0. The molecule has 0 aliphatic carbocycles. The van der Waals surface area contributed by atoms with E-state index in [2.05, 4.69) is 0 Å². The molecule has 1 heterocycles. The number of piperidine rings is 1. The Morgan fingerprint density at radius 2 is 1.88 bits per heavy atom. The maximum atomic E-state index is 13.1. The van der Waals surface area contributed by atoms with Crippen molar-refractivity contribution in [2.75, 3.05) is 6.54 Å². The zero-order chi connectivity index (χ0) is 17.1. The summed E-state index contributed by atoms with van der Waals surface area (Å²) in [6.07, 6.45) is 2.42. The molecule has 1 fully saturated rings. The molecule has 0 radical (unpaired) electrons. The average Bonchev–Trinajstić information content (AvgIpc) is 2.61. The lowest BCUT2D eigenvalue weighted by Crippen LogP contribution is -2.50. The van der Waals surface area contributed by atoms with Crippen LogP contribution < -0.4 is 5.73 Å². The van der Waals surface area contributed by atoms with Gasteiger partial charge in [-0.15, -0.1) is 0 Å². The number of likely N-dealkylation sites (tertiary alicyclic amines) is 1. The van der Waals surface area contributed by atoms with Gasteiger partial charge >= 0.3 is 0 Å². The first-order valence-corrected chi connectivity index (χ1v) is 8.41. The molecule has 24 heavy (non-hydrogen) atoms. The van der Waals surface area contributed by atoms with Crippen LogP contribution in [0.3, 0.4) is 0 Å². The van der Waals surface area contributed by atoms with Gasteiger partial charge in [-0.3, -0.25) is 9.59 Å². The summed E-state index contributed by atoms with van der Waals surface area (Å²) < 4.78 is 0. The minimum atomic E-state index is -0.529. The van der Waals surface area contributed by atoms with E-state index in [4.69, 9.17) is 17.3 Å². The lowest BCUT2D eigenvalue weighted by atomic mass is 9.96. The number of rotatable bonds is 3. The van der Waals surface area contributed by atoms with E-state index in [9.17, 15) is 9.59 Å². The topological polar surface area (TPSA) is 63.4 Å². The molecule has 2 amide bonds. The van der Waals surface area contributed by atoms with Crippen molar-refractivity contribution in [1.82, 2.24) is 4.90 Å². The third-order valence-electron chi connectivity index (χ3n) is 4.39. The van der Waals surface area contributed by atoms with Gasteiger partial charge in [-0.2, -0.15) is 0 Å². The largest absolute Gasteiger partial charge is 0.368 e. The van der Waals surface area contributed by atoms with Gasteiger partial charge in [-0.25, -0.2) is 0 Å². The van der Waals surface area contributed by atoms with Crippen molar-refractivity contribution in [1.29, 1.82) is 0 Å². The number of hydrogen-bond acceptors (Lipinski definition) is 2. The van der Waals surface area contributed by atoms with Crippen molar-refractivity contribution in [3.05, 3.63) is 59.1 Å². The van der Waals surface area contributed by atoms with Crippen molar-refractivity contribution in [3.63, 3.8) is 0 Å². The van der Waals surface area contributed by atoms with Crippen molar-refractivity contribution < 1.29 is 9.59 Å². The summed E-state index contributed by atoms with van der Waals surface area (Å²) in [5, 5.41) is 0.614. The molecule has 1 aliphatic heterocycles. The molecule has 0 saturated carbocycles. The van der Waals surface area contributed by atoms with Gasteiger partial charge in [0.05, 0.1) is 0 Å². The number of amides is 2. The minimum Gasteiger partial charge on any atom is -0.368 e. The van der Waals surface area contributed by atoms with Gasteiger partial charge in [0.1, 0.15) is 6.04 Å². The third-order valence-corrected chi connectivity index (χ3v) is 4.62. The third kappa shape index (κ3) is 3.29. The maximum absolute atomic E-state index is 13.1. The molecular formula is C19H19ClN2O2. The summed E-state index contributed by atoms with van der Waals surface area (Å²) in [6.45, 7) is 0.552. The molecule has 0 bridgehead atoms. The van der Waals surface area contributed by atoms with Gasteiger partial charge in [-0.05, 0) is 48.6 Å². The molecule has 3 rings (SSSR count). The highest BCUT2D eigenvalue weighted by Gasteiger charge is 2.32. The molecule has 0 unspecified atom stereocenters. The highest BCUT2D eigenvalue weighted by atomic mass is 35.5. The monoisotopic (exact) mass is 342 g/mol. The van der Waals surface area contributed by atoms with E-state index in [1.165, 1.54) is 0 Å². The van der Waals surface area contributed by atoms with Crippen molar-refractivity contribution in [3.8, 4) is 11.1 Å². The second-order valence-corrected chi connectivity index (χ2v) is 6.40. The lowest BCUT2D eigenvalue weighted by Gasteiger charge is -2.34. The van der Waals surface area contributed by atoms with E-state index in [1.54, 1.807) is 17.0 Å². The summed E-state index contributed by atoms with van der Waals surface area (Å²) in [5.41, 5.74) is 7.73. The number of benzene rings is 2. The first-order chi connectivity index (χ1) is 11.6. The first-order valence-electron chi connectivity index (χ1n) is 8.03. The fourth-order valence-electron chi connectivity index (χ4n) is 3.20. The standard InChI is InChI=1S/C19H19ClN2O2/c20-14-7-5-6-13(12-14)15-8-1-2-9-16(15)19(24)22-11-4-3-10-17(22)18(21)23/h1-2,5-9,12,17H,3-4,10-11H2,(H2,21,23)/t17-/m1/s1. The van der Waals surface area contributed by atoms with Gasteiger partial charge in [0.2, 0.25) is 5.91 Å². The zero-order valence-electron chi connectivity index (χ0n) is 13.2. The number of halogens is 1. The van der Waals surface area contributed by atoms with Gasteiger partial charge in [0, 0.05) is 17.1 Å². The van der Waals surface area contributed by atoms with Gasteiger partial charge < -0.3 is 10.6 Å². The number of hydrogen-bond donors (Lipinski definition) is 1. The van der Waals surface area contributed by atoms with E-state index < -0.39 is 11.9 Å². The molecule has 1 saturated heterocycles. The van der Waals surface area contributed by atoms with Crippen LogP contribution >= 0.6 is 11.6 Å². The number of nitrogens with zero attached hydrogens (tertiary/aromatic N) is 1. The van der Waals surface area contributed by atoms with Crippen LogP contribution in [0.2, 0.25) is 5.02 Å². The Labute approximate surface area is 146 Å². The molecule has 0 aromatic heterocycles. The predicted molar refractivity (Wildman–Crippen MR) is 94.8 cm³/mol. The highest BCUT2D eigenvalue weighted by molar-refractivity contribution is 6.30. The van der Waals surface area contributed by atoms with Crippen LogP contribution in [0.15, 0.2) is 48.5 Å². The van der Waals surface area contributed by atoms with Gasteiger partial charge in [0.25, 0.3) is 5.91 Å². The molecule has 2 aromatic rings. The fraction of sp³-hybridized carbons (Fsp3) is 0.263. The van der Waals surface area contributed by atoms with Gasteiger partial charge in [-0.1, -0.05) is 41.9 Å². The number of primary amides is 1. The predicted octanol–water partition coefficient (Wildman–Crippen LogP) is 3.49. The Morgan fingerprint density at radius 3 is 2.62 bits per heavy atom. The number of nitrogens with two attached hydrogens (primary N) is 1.